The van der Waals surface area contributed by atoms with Crippen LogP contribution in [-0.4, -0.2) is 88.6 Å². The van der Waals surface area contributed by atoms with E-state index in [4.69, 9.17) is 29.0 Å². The van der Waals surface area contributed by atoms with E-state index >= 15 is 0 Å². The number of nitrogens with one attached hydrogen (secondary N) is 2. The molecule has 2 aromatic carbocycles. The Labute approximate surface area is 349 Å². The van der Waals surface area contributed by atoms with Crippen LogP contribution < -0.4 is 21.0 Å². The number of nitrogens with zero attached hydrogens (tertiary/aromatic N) is 6. The molecular weight excluding hydrogens is 761 g/mol. The molecule has 0 spiro atoms. The molecule has 1 fully saturated rings. The number of pyridine rings is 1. The number of benzene rings is 2. The van der Waals surface area contributed by atoms with Crippen LogP contribution in [-0.2, 0) is 20.4 Å². The van der Waals surface area contributed by atoms with Crippen molar-refractivity contribution in [3.63, 3.8) is 0 Å². The van der Waals surface area contributed by atoms with E-state index in [1.54, 1.807) is 11.1 Å². The molecule has 1 aliphatic heterocycles. The van der Waals surface area contributed by atoms with Gasteiger partial charge in [0, 0.05) is 43.5 Å². The maximum absolute atomic E-state index is 12.6. The predicted molar refractivity (Wildman–Crippen MR) is 235 cm³/mol. The van der Waals surface area contributed by atoms with Crippen LogP contribution in [0.3, 0.4) is 0 Å². The van der Waals surface area contributed by atoms with Crippen LogP contribution in [0.1, 0.15) is 97.7 Å². The third-order valence-corrected chi connectivity index (χ3v) is 15.9. The Kier molecular flexibility index (Phi) is 13.7. The maximum atomic E-state index is 12.6. The van der Waals surface area contributed by atoms with Gasteiger partial charge >= 0.3 is 12.2 Å². The zero-order chi connectivity index (χ0) is 42.2. The van der Waals surface area contributed by atoms with E-state index in [2.05, 4.69) is 116 Å². The Morgan fingerprint density at radius 3 is 2.10 bits per heavy atom. The van der Waals surface area contributed by atoms with E-state index in [0.29, 0.717) is 43.1 Å². The molecule has 4 heterocycles. The van der Waals surface area contributed by atoms with Crippen molar-refractivity contribution in [2.45, 2.75) is 110 Å². The number of aromatic nitrogens is 5. The Bertz CT molecular complexity index is 2110. The summed E-state index contributed by atoms with van der Waals surface area (Å²) in [4.78, 5) is 41.0. The fourth-order valence-electron chi connectivity index (χ4n) is 7.99. The highest BCUT2D eigenvalue weighted by atomic mass is 28.4. The summed E-state index contributed by atoms with van der Waals surface area (Å²) in [5.41, 5.74) is 2.75. The molecule has 0 saturated carbocycles. The molecule has 1 aliphatic rings. The van der Waals surface area contributed by atoms with Gasteiger partial charge in [0.05, 0.1) is 19.9 Å². The summed E-state index contributed by atoms with van der Waals surface area (Å²) in [6, 6.07) is 25.5. The summed E-state index contributed by atoms with van der Waals surface area (Å²) >= 11 is 0. The molecule has 314 valence electrons. The number of ether oxygens (including phenoxy) is 2. The minimum Gasteiger partial charge on any atom is -0.453 e. The summed E-state index contributed by atoms with van der Waals surface area (Å²) < 4.78 is 19.6. The summed E-state index contributed by atoms with van der Waals surface area (Å²) in [5, 5.41) is 13.4. The van der Waals surface area contributed by atoms with Gasteiger partial charge in [-0.2, -0.15) is 10.1 Å². The van der Waals surface area contributed by atoms with Gasteiger partial charge in [0.2, 0.25) is 5.95 Å². The van der Waals surface area contributed by atoms with E-state index in [1.165, 1.54) is 17.5 Å². The molecule has 3 aromatic heterocycles. The number of carbonyl (C=O) groups excluding carboxylic acids is 2. The van der Waals surface area contributed by atoms with Crippen LogP contribution >= 0.6 is 0 Å². The first-order valence-electron chi connectivity index (χ1n) is 20.7. The van der Waals surface area contributed by atoms with Crippen molar-refractivity contribution in [1.82, 2.24) is 29.6 Å². The summed E-state index contributed by atoms with van der Waals surface area (Å²) in [5.74, 6) is 0.937. The molecule has 13 nitrogen and oxygen atoms in total. The van der Waals surface area contributed by atoms with E-state index < -0.39 is 20.0 Å². The van der Waals surface area contributed by atoms with Crippen LogP contribution in [0.15, 0.2) is 85.2 Å². The number of likely N-dealkylation sites (tertiary alicyclic amines) is 1. The average Bonchev–Trinajstić information content (AvgIpc) is 3.61. The first kappa shape index (κ1) is 43.2. The number of piperidine rings is 1. The normalized spacial score (nSPS) is 14.5. The number of hydrogen-bond donors (Lipinski definition) is 2. The molecule has 0 unspecified atom stereocenters. The van der Waals surface area contributed by atoms with Gasteiger partial charge in [0.25, 0.3) is 8.32 Å². The van der Waals surface area contributed by atoms with Gasteiger partial charge in [-0.15, -0.1) is 0 Å². The largest absolute Gasteiger partial charge is 0.453 e. The predicted octanol–water partition coefficient (Wildman–Crippen LogP) is 8.11. The molecule has 14 heteroatoms. The maximum Gasteiger partial charge on any atom is 0.413 e. The Morgan fingerprint density at radius 2 is 1.54 bits per heavy atom. The lowest BCUT2D eigenvalue weighted by Crippen LogP contribution is -2.66. The van der Waals surface area contributed by atoms with Gasteiger partial charge in [-0.1, -0.05) is 101 Å². The van der Waals surface area contributed by atoms with Crippen molar-refractivity contribution < 1.29 is 23.5 Å². The van der Waals surface area contributed by atoms with Crippen LogP contribution in [0.4, 0.5) is 21.4 Å². The van der Waals surface area contributed by atoms with Crippen molar-refractivity contribution >= 4 is 53.7 Å². The molecule has 59 heavy (non-hydrogen) atoms. The molecule has 0 radical (unpaired) electrons. The SMILES string of the molecule is CCC[C@@H](CCO[Si](c1ccccc1)(c1ccccc1)C(C)(C)C)Nc1nc(NC(=O)OC)nc2cnn(Cc3ccc(C4CCN(C(=O)OC(C)(C)C)CC4)nc3)c12. The van der Waals surface area contributed by atoms with E-state index in [9.17, 15) is 9.59 Å². The van der Waals surface area contributed by atoms with Crippen molar-refractivity contribution in [3.8, 4) is 0 Å². The molecule has 0 aliphatic carbocycles. The summed E-state index contributed by atoms with van der Waals surface area (Å²) in [6.07, 6.45) is 6.84. The fraction of sp³-hybridized carbons (Fsp3) is 0.467. The standard InChI is InChI=1S/C45H60N8O5Si/c1-9-16-34(25-28-57-59(45(5,6)7,35-17-12-10-13-18-35)36-19-14-11-15-20-36)48-40-39-38(49-41(50-40)51-42(54)56-8)30-47-53(39)31-32-21-22-37(46-29-32)33-23-26-52(27-24-33)43(55)58-44(2,3)4/h10-15,17-22,29-30,33-34H,9,16,23-28,31H2,1-8H3,(H2,48,49,50,51,54)/t34-/m0/s1. The van der Waals surface area contributed by atoms with Crippen molar-refractivity contribution in [2.24, 2.45) is 0 Å². The lowest BCUT2D eigenvalue weighted by atomic mass is 9.93. The Morgan fingerprint density at radius 1 is 0.881 bits per heavy atom. The van der Waals surface area contributed by atoms with Gasteiger partial charge in [0.15, 0.2) is 5.82 Å². The lowest BCUT2D eigenvalue weighted by molar-refractivity contribution is 0.0204. The van der Waals surface area contributed by atoms with E-state index in [0.717, 1.165) is 43.4 Å². The van der Waals surface area contributed by atoms with Crippen LogP contribution in [0.5, 0.6) is 0 Å². The molecule has 0 bridgehead atoms. The molecule has 2 N–H and O–H groups in total. The first-order valence-corrected chi connectivity index (χ1v) is 22.6. The Hall–Kier alpha value is -5.34. The quantitative estimate of drug-likeness (QED) is 0.105. The third-order valence-electron chi connectivity index (χ3n) is 10.8. The smallest absolute Gasteiger partial charge is 0.413 e. The molecule has 1 atom stereocenters. The molecule has 6 rings (SSSR count). The number of rotatable bonds is 14. The fourth-order valence-corrected chi connectivity index (χ4v) is 12.6. The molecule has 2 amide bonds. The number of amides is 2. The van der Waals surface area contributed by atoms with Crippen molar-refractivity contribution in [2.75, 3.05) is 37.4 Å². The van der Waals surface area contributed by atoms with Crippen molar-refractivity contribution in [3.05, 3.63) is 96.4 Å². The number of carbonyl (C=O) groups is 2. The van der Waals surface area contributed by atoms with Gasteiger partial charge in [0.1, 0.15) is 16.6 Å². The monoisotopic (exact) mass is 820 g/mol. The lowest BCUT2D eigenvalue weighted by Gasteiger charge is -2.43. The zero-order valence-corrected chi connectivity index (χ0v) is 36.8. The highest BCUT2D eigenvalue weighted by Gasteiger charge is 2.50. The van der Waals surface area contributed by atoms with Crippen molar-refractivity contribution in [1.29, 1.82) is 0 Å². The topological polar surface area (TPSA) is 146 Å². The number of fused-ring (bicyclic) bond motifs is 1. The third kappa shape index (κ3) is 10.5. The molecule has 5 aromatic rings. The first-order chi connectivity index (χ1) is 28.2. The summed E-state index contributed by atoms with van der Waals surface area (Å²) in [7, 11) is -1.43. The Balaban J connectivity index is 1.22. The number of hydrogen-bond acceptors (Lipinski definition) is 10. The summed E-state index contributed by atoms with van der Waals surface area (Å²) in [6.45, 7) is 16.9. The second-order valence-corrected chi connectivity index (χ2v) is 21.6. The minimum atomic E-state index is -2.73. The van der Waals surface area contributed by atoms with Crippen LogP contribution in [0.25, 0.3) is 11.0 Å². The van der Waals surface area contributed by atoms with Gasteiger partial charge < -0.3 is 24.1 Å². The zero-order valence-electron chi connectivity index (χ0n) is 35.8. The van der Waals surface area contributed by atoms with Gasteiger partial charge in [-0.25, -0.2) is 14.6 Å². The highest BCUT2D eigenvalue weighted by molar-refractivity contribution is 6.99. The molecular formula is C45H60N8O5Si. The minimum absolute atomic E-state index is 0.00618. The highest BCUT2D eigenvalue weighted by Crippen LogP contribution is 2.37. The van der Waals surface area contributed by atoms with Gasteiger partial charge in [-0.3, -0.25) is 15.0 Å². The second-order valence-electron chi connectivity index (χ2n) is 17.3. The number of methoxy groups -OCH3 is 1. The van der Waals surface area contributed by atoms with E-state index in [-0.39, 0.29) is 29.0 Å². The van der Waals surface area contributed by atoms with Crippen LogP contribution in [0, 0.1) is 0 Å². The number of anilines is 2. The van der Waals surface area contributed by atoms with Gasteiger partial charge in [-0.05, 0) is 73.5 Å². The second kappa shape index (κ2) is 18.7. The molecule has 1 saturated heterocycles. The van der Waals surface area contributed by atoms with Crippen LogP contribution in [0.2, 0.25) is 5.04 Å². The average molecular weight is 821 g/mol. The van der Waals surface area contributed by atoms with E-state index in [1.807, 2.05) is 31.6 Å².